The summed E-state index contributed by atoms with van der Waals surface area (Å²) in [6, 6.07) is 9.56. The highest BCUT2D eigenvalue weighted by Gasteiger charge is 2.14. The monoisotopic (exact) mass is 221 g/mol. The van der Waals surface area contributed by atoms with Gasteiger partial charge in [0.2, 0.25) is 0 Å². The van der Waals surface area contributed by atoms with Crippen molar-refractivity contribution in [3.63, 3.8) is 0 Å². The number of hydroxylamine groups is 1. The summed E-state index contributed by atoms with van der Waals surface area (Å²) in [5.74, 6) is 0. The lowest BCUT2D eigenvalue weighted by atomic mass is 10.1. The molecule has 0 aliphatic rings. The highest BCUT2D eigenvalue weighted by molar-refractivity contribution is 5.58. The van der Waals surface area contributed by atoms with Crippen LogP contribution in [0.1, 0.15) is 26.3 Å². The van der Waals surface area contributed by atoms with Crippen LogP contribution in [0.4, 0.5) is 0 Å². The van der Waals surface area contributed by atoms with E-state index in [1.807, 2.05) is 51.1 Å². The highest BCUT2D eigenvalue weighted by atomic mass is 16.7. The summed E-state index contributed by atoms with van der Waals surface area (Å²) >= 11 is 0. The van der Waals surface area contributed by atoms with E-state index in [2.05, 4.69) is 5.48 Å². The van der Waals surface area contributed by atoms with Gasteiger partial charge in [-0.25, -0.2) is 0 Å². The molecule has 0 aliphatic carbocycles. The molecule has 88 valence electrons. The first-order valence-corrected chi connectivity index (χ1v) is 5.44. The minimum atomic E-state index is -0.304. The van der Waals surface area contributed by atoms with Gasteiger partial charge in [0.15, 0.2) is 0 Å². The molecule has 0 saturated carbocycles. The maximum Gasteiger partial charge on any atom is 0.139 e. The van der Waals surface area contributed by atoms with Crippen LogP contribution in [0.2, 0.25) is 0 Å². The molecule has 0 bridgehead atoms. The van der Waals surface area contributed by atoms with Crippen LogP contribution in [0.3, 0.4) is 0 Å². The minimum Gasteiger partial charge on any atom is -0.302 e. The van der Waals surface area contributed by atoms with Crippen LogP contribution >= 0.6 is 0 Å². The second-order valence-corrected chi connectivity index (χ2v) is 4.76. The van der Waals surface area contributed by atoms with Crippen molar-refractivity contribution in [3.8, 4) is 0 Å². The van der Waals surface area contributed by atoms with Gasteiger partial charge in [-0.3, -0.25) is 4.84 Å². The molecule has 1 rings (SSSR count). The van der Waals surface area contributed by atoms with Crippen LogP contribution in [-0.2, 0) is 16.1 Å². The Morgan fingerprint density at radius 3 is 2.44 bits per heavy atom. The van der Waals surface area contributed by atoms with E-state index in [1.165, 1.54) is 0 Å². The first kappa shape index (κ1) is 12.9. The standard InChI is InChI=1S/C13H19NO2/c1-13(2,3)16-14-12(10-15)9-11-7-5-4-6-8-11/h4-8,10,12,14H,9H2,1-3H3. The lowest BCUT2D eigenvalue weighted by Crippen LogP contribution is -2.38. The van der Waals surface area contributed by atoms with Gasteiger partial charge >= 0.3 is 0 Å². The zero-order valence-corrected chi connectivity index (χ0v) is 10.1. The summed E-state index contributed by atoms with van der Waals surface area (Å²) < 4.78 is 0. The van der Waals surface area contributed by atoms with Gasteiger partial charge in [-0.15, -0.1) is 0 Å². The third kappa shape index (κ3) is 5.05. The predicted octanol–water partition coefficient (Wildman–Crippen LogP) is 2.12. The summed E-state index contributed by atoms with van der Waals surface area (Å²) in [5, 5.41) is 0. The molecule has 0 radical (unpaired) electrons. The largest absolute Gasteiger partial charge is 0.302 e. The highest BCUT2D eigenvalue weighted by Crippen LogP contribution is 2.06. The molecule has 0 amide bonds. The summed E-state index contributed by atoms with van der Waals surface area (Å²) in [7, 11) is 0. The average Bonchev–Trinajstić information content (AvgIpc) is 2.24. The Morgan fingerprint density at radius 1 is 1.31 bits per heavy atom. The van der Waals surface area contributed by atoms with Crippen LogP contribution in [0.5, 0.6) is 0 Å². The van der Waals surface area contributed by atoms with E-state index >= 15 is 0 Å². The van der Waals surface area contributed by atoms with Crippen LogP contribution in [0.25, 0.3) is 0 Å². The number of nitrogens with one attached hydrogen (secondary N) is 1. The van der Waals surface area contributed by atoms with Gasteiger partial charge in [-0.2, -0.15) is 5.48 Å². The summed E-state index contributed by atoms with van der Waals surface area (Å²) in [6.07, 6.45) is 1.51. The molecule has 3 heteroatoms. The molecule has 3 nitrogen and oxygen atoms in total. The molecule has 1 unspecified atom stereocenters. The Labute approximate surface area is 96.8 Å². The van der Waals surface area contributed by atoms with E-state index in [0.717, 1.165) is 11.8 Å². The van der Waals surface area contributed by atoms with Crippen molar-refractivity contribution in [1.29, 1.82) is 0 Å². The quantitative estimate of drug-likeness (QED) is 0.611. The number of rotatable bonds is 5. The third-order valence-electron chi connectivity index (χ3n) is 1.98. The van der Waals surface area contributed by atoms with Crippen LogP contribution < -0.4 is 5.48 Å². The van der Waals surface area contributed by atoms with Crippen LogP contribution in [0.15, 0.2) is 30.3 Å². The smallest absolute Gasteiger partial charge is 0.139 e. The molecule has 0 heterocycles. The zero-order chi connectivity index (χ0) is 12.0. The molecule has 0 fully saturated rings. The molecule has 0 spiro atoms. The van der Waals surface area contributed by atoms with Gasteiger partial charge in [0.1, 0.15) is 6.29 Å². The van der Waals surface area contributed by atoms with Crippen molar-refractivity contribution in [2.45, 2.75) is 38.8 Å². The topological polar surface area (TPSA) is 38.3 Å². The van der Waals surface area contributed by atoms with E-state index < -0.39 is 0 Å². The Balaban J connectivity index is 2.47. The molecule has 0 aromatic heterocycles. The van der Waals surface area contributed by atoms with E-state index in [-0.39, 0.29) is 11.6 Å². The van der Waals surface area contributed by atoms with Crippen LogP contribution in [-0.4, -0.2) is 17.9 Å². The van der Waals surface area contributed by atoms with E-state index in [4.69, 9.17) is 4.84 Å². The number of hydrogen-bond donors (Lipinski definition) is 1. The number of aldehydes is 1. The van der Waals surface area contributed by atoms with Crippen molar-refractivity contribution in [2.24, 2.45) is 0 Å². The van der Waals surface area contributed by atoms with Crippen molar-refractivity contribution >= 4 is 6.29 Å². The number of hydrogen-bond acceptors (Lipinski definition) is 3. The molecule has 0 aliphatic heterocycles. The van der Waals surface area contributed by atoms with Gasteiger partial charge in [-0.1, -0.05) is 30.3 Å². The molecule has 1 aromatic rings. The van der Waals surface area contributed by atoms with Gasteiger partial charge in [-0.05, 0) is 32.8 Å². The fourth-order valence-corrected chi connectivity index (χ4v) is 1.24. The Hall–Kier alpha value is -1.19. The lowest BCUT2D eigenvalue weighted by Gasteiger charge is -2.22. The second-order valence-electron chi connectivity index (χ2n) is 4.76. The predicted molar refractivity (Wildman–Crippen MR) is 64.0 cm³/mol. The van der Waals surface area contributed by atoms with Crippen molar-refractivity contribution in [1.82, 2.24) is 5.48 Å². The number of benzene rings is 1. The molecular formula is C13H19NO2. The maximum absolute atomic E-state index is 10.9. The zero-order valence-electron chi connectivity index (χ0n) is 10.1. The van der Waals surface area contributed by atoms with E-state index in [0.29, 0.717) is 6.42 Å². The summed E-state index contributed by atoms with van der Waals surface area (Å²) in [4.78, 5) is 16.3. The molecule has 16 heavy (non-hydrogen) atoms. The minimum absolute atomic E-state index is 0.294. The maximum atomic E-state index is 10.9. The SMILES string of the molecule is CC(C)(C)ONC(C=O)Cc1ccccc1. The summed E-state index contributed by atoms with van der Waals surface area (Å²) in [5.41, 5.74) is 3.61. The Morgan fingerprint density at radius 2 is 1.94 bits per heavy atom. The Bertz CT molecular complexity index is 316. The number of carbonyl (C=O) groups excluding carboxylic acids is 1. The van der Waals surface area contributed by atoms with Gasteiger partial charge in [0, 0.05) is 0 Å². The van der Waals surface area contributed by atoms with E-state index in [9.17, 15) is 4.79 Å². The molecular weight excluding hydrogens is 202 g/mol. The van der Waals surface area contributed by atoms with Gasteiger partial charge < -0.3 is 4.79 Å². The molecule has 1 aromatic carbocycles. The number of carbonyl (C=O) groups is 1. The lowest BCUT2D eigenvalue weighted by molar-refractivity contribution is -0.121. The van der Waals surface area contributed by atoms with Gasteiger partial charge in [0.05, 0.1) is 11.6 Å². The van der Waals surface area contributed by atoms with Crippen molar-refractivity contribution < 1.29 is 9.63 Å². The molecule has 1 N–H and O–H groups in total. The second kappa shape index (κ2) is 5.77. The first-order chi connectivity index (χ1) is 7.51. The van der Waals surface area contributed by atoms with E-state index in [1.54, 1.807) is 0 Å². The first-order valence-electron chi connectivity index (χ1n) is 5.44. The summed E-state index contributed by atoms with van der Waals surface area (Å²) in [6.45, 7) is 5.80. The fraction of sp³-hybridized carbons (Fsp3) is 0.462. The van der Waals surface area contributed by atoms with Crippen LogP contribution in [0, 0.1) is 0 Å². The molecule has 1 atom stereocenters. The molecule has 0 saturated heterocycles. The Kier molecular flexibility index (Phi) is 4.65. The van der Waals surface area contributed by atoms with Crippen molar-refractivity contribution in [3.05, 3.63) is 35.9 Å². The third-order valence-corrected chi connectivity index (χ3v) is 1.98. The fourth-order valence-electron chi connectivity index (χ4n) is 1.24. The van der Waals surface area contributed by atoms with Crippen molar-refractivity contribution in [2.75, 3.05) is 0 Å². The van der Waals surface area contributed by atoms with Gasteiger partial charge in [0.25, 0.3) is 0 Å². The average molecular weight is 221 g/mol. The normalized spacial score (nSPS) is 13.4.